The topological polar surface area (TPSA) is 41.1 Å². The number of benzene rings is 3. The molecular formula is C24H26N2O. The Labute approximate surface area is 161 Å². The Morgan fingerprint density at radius 3 is 2.19 bits per heavy atom. The predicted octanol–water partition coefficient (Wildman–Crippen LogP) is 4.88. The van der Waals surface area contributed by atoms with E-state index in [2.05, 4.69) is 60.9 Å². The van der Waals surface area contributed by atoms with Crippen LogP contribution in [0.25, 0.3) is 0 Å². The first-order valence-electron chi connectivity index (χ1n) is 9.40. The van der Waals surface area contributed by atoms with Gasteiger partial charge in [0, 0.05) is 5.69 Å². The van der Waals surface area contributed by atoms with E-state index in [9.17, 15) is 4.79 Å². The van der Waals surface area contributed by atoms with Crippen LogP contribution < -0.4 is 10.6 Å². The number of anilines is 1. The van der Waals surface area contributed by atoms with E-state index in [0.29, 0.717) is 0 Å². The summed E-state index contributed by atoms with van der Waals surface area (Å²) in [4.78, 5) is 12.5. The maximum Gasteiger partial charge on any atom is 0.238 e. The van der Waals surface area contributed by atoms with Crippen molar-refractivity contribution in [1.82, 2.24) is 5.32 Å². The summed E-state index contributed by atoms with van der Waals surface area (Å²) >= 11 is 0. The highest BCUT2D eigenvalue weighted by molar-refractivity contribution is 5.93. The van der Waals surface area contributed by atoms with Crippen LogP contribution in [0.4, 0.5) is 5.69 Å². The van der Waals surface area contributed by atoms with E-state index in [1.807, 2.05) is 42.5 Å². The van der Waals surface area contributed by atoms with Crippen molar-refractivity contribution in [3.05, 3.63) is 101 Å². The number of hydrogen-bond donors (Lipinski definition) is 2. The van der Waals surface area contributed by atoms with E-state index in [1.54, 1.807) is 0 Å². The molecular weight excluding hydrogens is 332 g/mol. The molecule has 3 heteroatoms. The van der Waals surface area contributed by atoms with Crippen LogP contribution in [0.3, 0.4) is 0 Å². The zero-order valence-corrected chi connectivity index (χ0v) is 15.9. The molecule has 3 rings (SSSR count). The van der Waals surface area contributed by atoms with Gasteiger partial charge >= 0.3 is 0 Å². The van der Waals surface area contributed by atoms with Crippen molar-refractivity contribution in [2.24, 2.45) is 0 Å². The fourth-order valence-corrected chi connectivity index (χ4v) is 3.17. The Kier molecular flexibility index (Phi) is 6.39. The fourth-order valence-electron chi connectivity index (χ4n) is 3.17. The van der Waals surface area contributed by atoms with Gasteiger partial charge in [0.2, 0.25) is 5.91 Å². The Morgan fingerprint density at radius 1 is 0.852 bits per heavy atom. The molecule has 0 aliphatic carbocycles. The molecule has 0 unspecified atom stereocenters. The van der Waals surface area contributed by atoms with E-state index in [0.717, 1.165) is 28.8 Å². The lowest BCUT2D eigenvalue weighted by molar-refractivity contribution is -0.115. The van der Waals surface area contributed by atoms with Crippen LogP contribution in [-0.4, -0.2) is 12.5 Å². The summed E-state index contributed by atoms with van der Waals surface area (Å²) in [6.45, 7) is 4.41. The van der Waals surface area contributed by atoms with Crippen molar-refractivity contribution in [2.45, 2.75) is 26.3 Å². The van der Waals surface area contributed by atoms with Gasteiger partial charge in [0.25, 0.3) is 0 Å². The van der Waals surface area contributed by atoms with E-state index in [-0.39, 0.29) is 18.5 Å². The van der Waals surface area contributed by atoms with Crippen LogP contribution in [0.15, 0.2) is 78.9 Å². The van der Waals surface area contributed by atoms with Gasteiger partial charge in [0.1, 0.15) is 0 Å². The van der Waals surface area contributed by atoms with Gasteiger partial charge < -0.3 is 5.32 Å². The number of amides is 1. The summed E-state index contributed by atoms with van der Waals surface area (Å²) in [7, 11) is 0. The predicted molar refractivity (Wildman–Crippen MR) is 112 cm³/mol. The summed E-state index contributed by atoms with van der Waals surface area (Å²) in [5.41, 5.74) is 5.54. The first-order chi connectivity index (χ1) is 13.2. The molecule has 27 heavy (non-hydrogen) atoms. The third kappa shape index (κ3) is 5.05. The summed E-state index contributed by atoms with van der Waals surface area (Å²) in [5.74, 6) is -0.0380. The lowest BCUT2D eigenvalue weighted by atomic mass is 9.98. The molecule has 0 radical (unpaired) electrons. The van der Waals surface area contributed by atoms with Crippen molar-refractivity contribution >= 4 is 11.6 Å². The molecule has 138 valence electrons. The van der Waals surface area contributed by atoms with Gasteiger partial charge in [-0.05, 0) is 36.1 Å². The minimum absolute atomic E-state index is 0.0287. The van der Waals surface area contributed by atoms with Gasteiger partial charge in [0.05, 0.1) is 12.6 Å². The van der Waals surface area contributed by atoms with Crippen LogP contribution in [-0.2, 0) is 11.2 Å². The number of hydrogen-bond acceptors (Lipinski definition) is 2. The minimum atomic E-state index is -0.0380. The van der Waals surface area contributed by atoms with E-state index < -0.39 is 0 Å². The molecule has 3 aromatic carbocycles. The SMILES string of the molecule is CCc1ccccc1NC(=O)CN[C@@H](c1ccccc1)c1ccc(C)cc1. The van der Waals surface area contributed by atoms with Crippen LogP contribution in [0.2, 0.25) is 0 Å². The maximum atomic E-state index is 12.5. The number of rotatable bonds is 7. The molecule has 1 amide bonds. The minimum Gasteiger partial charge on any atom is -0.325 e. The van der Waals surface area contributed by atoms with Gasteiger partial charge in [-0.1, -0.05) is 85.3 Å². The van der Waals surface area contributed by atoms with Crippen LogP contribution in [0.1, 0.15) is 35.2 Å². The highest BCUT2D eigenvalue weighted by Crippen LogP contribution is 2.22. The van der Waals surface area contributed by atoms with Crippen molar-refractivity contribution in [3.8, 4) is 0 Å². The lowest BCUT2D eigenvalue weighted by Gasteiger charge is -2.20. The Morgan fingerprint density at radius 2 is 1.48 bits per heavy atom. The lowest BCUT2D eigenvalue weighted by Crippen LogP contribution is -2.32. The van der Waals surface area contributed by atoms with Crippen molar-refractivity contribution in [2.75, 3.05) is 11.9 Å². The smallest absolute Gasteiger partial charge is 0.238 e. The molecule has 0 saturated heterocycles. The molecule has 3 aromatic rings. The average Bonchev–Trinajstić information content (AvgIpc) is 2.70. The van der Waals surface area contributed by atoms with Gasteiger partial charge in [-0.15, -0.1) is 0 Å². The Bertz CT molecular complexity index is 872. The van der Waals surface area contributed by atoms with Crippen molar-refractivity contribution in [1.29, 1.82) is 0 Å². The second-order valence-corrected chi connectivity index (χ2v) is 6.69. The van der Waals surface area contributed by atoms with Crippen molar-refractivity contribution in [3.63, 3.8) is 0 Å². The molecule has 2 N–H and O–H groups in total. The van der Waals surface area contributed by atoms with E-state index in [1.165, 1.54) is 5.56 Å². The molecule has 0 heterocycles. The van der Waals surface area contributed by atoms with Crippen LogP contribution in [0.5, 0.6) is 0 Å². The number of nitrogens with one attached hydrogen (secondary N) is 2. The zero-order valence-electron chi connectivity index (χ0n) is 15.9. The molecule has 1 atom stereocenters. The van der Waals surface area contributed by atoms with E-state index >= 15 is 0 Å². The number of carbonyl (C=O) groups excluding carboxylic acids is 1. The second-order valence-electron chi connectivity index (χ2n) is 6.69. The fraction of sp³-hybridized carbons (Fsp3) is 0.208. The maximum absolute atomic E-state index is 12.5. The first-order valence-corrected chi connectivity index (χ1v) is 9.40. The largest absolute Gasteiger partial charge is 0.325 e. The van der Waals surface area contributed by atoms with Gasteiger partial charge in [-0.2, -0.15) is 0 Å². The summed E-state index contributed by atoms with van der Waals surface area (Å²) < 4.78 is 0. The summed E-state index contributed by atoms with van der Waals surface area (Å²) in [6.07, 6.45) is 0.889. The Hall–Kier alpha value is -2.91. The normalized spacial score (nSPS) is 11.8. The molecule has 0 saturated carbocycles. The van der Waals surface area contributed by atoms with Crippen molar-refractivity contribution < 1.29 is 4.79 Å². The zero-order chi connectivity index (χ0) is 19.1. The number of para-hydroxylation sites is 1. The standard InChI is InChI=1S/C24H26N2O/c1-3-19-9-7-8-12-22(19)26-23(27)17-25-24(20-10-5-4-6-11-20)21-15-13-18(2)14-16-21/h4-16,24-25H,3,17H2,1-2H3,(H,26,27)/t24-/m0/s1. The second kappa shape index (κ2) is 9.15. The van der Waals surface area contributed by atoms with Crippen LogP contribution >= 0.6 is 0 Å². The number of carbonyl (C=O) groups is 1. The van der Waals surface area contributed by atoms with Gasteiger partial charge in [-0.3, -0.25) is 10.1 Å². The quantitative estimate of drug-likeness (QED) is 0.632. The molecule has 0 aliphatic rings. The van der Waals surface area contributed by atoms with Gasteiger partial charge in [-0.25, -0.2) is 0 Å². The molecule has 0 aliphatic heterocycles. The third-order valence-electron chi connectivity index (χ3n) is 4.68. The monoisotopic (exact) mass is 358 g/mol. The van der Waals surface area contributed by atoms with E-state index in [4.69, 9.17) is 0 Å². The third-order valence-corrected chi connectivity index (χ3v) is 4.68. The molecule has 0 aromatic heterocycles. The summed E-state index contributed by atoms with van der Waals surface area (Å²) in [5, 5.41) is 6.44. The molecule has 3 nitrogen and oxygen atoms in total. The average molecular weight is 358 g/mol. The Balaban J connectivity index is 1.73. The highest BCUT2D eigenvalue weighted by Gasteiger charge is 2.15. The summed E-state index contributed by atoms with van der Waals surface area (Å²) in [6, 6.07) is 26.6. The van der Waals surface area contributed by atoms with Crippen LogP contribution in [0, 0.1) is 6.92 Å². The number of aryl methyl sites for hydroxylation is 2. The highest BCUT2D eigenvalue weighted by atomic mass is 16.1. The van der Waals surface area contributed by atoms with Gasteiger partial charge in [0.15, 0.2) is 0 Å². The molecule has 0 fully saturated rings. The molecule has 0 spiro atoms. The first kappa shape index (κ1) is 18.9. The molecule has 0 bridgehead atoms.